The Kier molecular flexibility index (Phi) is 7.64. The second kappa shape index (κ2) is 8.12. The molecule has 102 valence electrons. The average Bonchev–Trinajstić information content (AvgIpc) is 2.22. The SMILES string of the molecule is CC(=O)OC/C=C(\C)CC[C@@H](O)C#C[Si](C)(C)C. The van der Waals surface area contributed by atoms with Crippen molar-refractivity contribution in [3.63, 3.8) is 0 Å². The second-order valence-corrected chi connectivity index (χ2v) is 10.2. The van der Waals surface area contributed by atoms with E-state index < -0.39 is 14.2 Å². The van der Waals surface area contributed by atoms with Crippen molar-refractivity contribution in [3.8, 4) is 11.5 Å². The van der Waals surface area contributed by atoms with E-state index in [0.29, 0.717) is 13.0 Å². The summed E-state index contributed by atoms with van der Waals surface area (Å²) in [6.07, 6.45) is 2.69. The molecule has 4 heteroatoms. The molecule has 0 aliphatic carbocycles. The first-order valence-electron chi connectivity index (χ1n) is 6.20. The van der Waals surface area contributed by atoms with E-state index in [4.69, 9.17) is 4.74 Å². The van der Waals surface area contributed by atoms with Gasteiger partial charge < -0.3 is 9.84 Å². The highest BCUT2D eigenvalue weighted by atomic mass is 28.3. The molecular formula is C14H24O3Si. The van der Waals surface area contributed by atoms with Crippen LogP contribution in [-0.2, 0) is 9.53 Å². The maximum Gasteiger partial charge on any atom is 0.302 e. The molecule has 0 saturated heterocycles. The van der Waals surface area contributed by atoms with Gasteiger partial charge in [-0.05, 0) is 25.8 Å². The number of allylic oxidation sites excluding steroid dienone is 1. The second-order valence-electron chi connectivity index (χ2n) is 5.43. The van der Waals surface area contributed by atoms with Gasteiger partial charge in [0.15, 0.2) is 0 Å². The highest BCUT2D eigenvalue weighted by Gasteiger charge is 2.08. The Morgan fingerprint density at radius 1 is 1.39 bits per heavy atom. The quantitative estimate of drug-likeness (QED) is 0.361. The van der Waals surface area contributed by atoms with Gasteiger partial charge in [-0.1, -0.05) is 31.1 Å². The van der Waals surface area contributed by atoms with Gasteiger partial charge >= 0.3 is 5.97 Å². The van der Waals surface area contributed by atoms with E-state index in [1.165, 1.54) is 6.92 Å². The summed E-state index contributed by atoms with van der Waals surface area (Å²) in [6, 6.07) is 0. The van der Waals surface area contributed by atoms with Crippen LogP contribution in [0.4, 0.5) is 0 Å². The van der Waals surface area contributed by atoms with E-state index in [-0.39, 0.29) is 5.97 Å². The maximum absolute atomic E-state index is 10.6. The summed E-state index contributed by atoms with van der Waals surface area (Å²) < 4.78 is 4.81. The summed E-state index contributed by atoms with van der Waals surface area (Å²) in [5.41, 5.74) is 4.26. The lowest BCUT2D eigenvalue weighted by Crippen LogP contribution is -2.17. The first kappa shape index (κ1) is 16.9. The number of ether oxygens (including phenoxy) is 1. The number of hydrogen-bond acceptors (Lipinski definition) is 3. The summed E-state index contributed by atoms with van der Waals surface area (Å²) in [4.78, 5) is 10.6. The van der Waals surface area contributed by atoms with Crippen LogP contribution in [0.2, 0.25) is 19.6 Å². The normalized spacial score (nSPS) is 13.6. The maximum atomic E-state index is 10.6. The fraction of sp³-hybridized carbons (Fsp3) is 0.643. The summed E-state index contributed by atoms with van der Waals surface area (Å²) in [5, 5.41) is 9.71. The molecule has 1 atom stereocenters. The molecule has 0 aromatic rings. The van der Waals surface area contributed by atoms with Crippen molar-refractivity contribution in [1.29, 1.82) is 0 Å². The van der Waals surface area contributed by atoms with Crippen LogP contribution >= 0.6 is 0 Å². The molecule has 0 aliphatic rings. The Morgan fingerprint density at radius 3 is 2.50 bits per heavy atom. The average molecular weight is 268 g/mol. The van der Waals surface area contributed by atoms with Gasteiger partial charge in [-0.3, -0.25) is 4.79 Å². The van der Waals surface area contributed by atoms with Gasteiger partial charge in [0.05, 0.1) is 0 Å². The molecule has 3 nitrogen and oxygen atoms in total. The molecule has 0 fully saturated rings. The fourth-order valence-electron chi connectivity index (χ4n) is 1.14. The van der Waals surface area contributed by atoms with E-state index in [1.54, 1.807) is 0 Å². The van der Waals surface area contributed by atoms with Crippen LogP contribution in [0.3, 0.4) is 0 Å². The van der Waals surface area contributed by atoms with Gasteiger partial charge in [0.25, 0.3) is 0 Å². The lowest BCUT2D eigenvalue weighted by Gasteiger charge is -2.07. The number of aliphatic hydroxyl groups excluding tert-OH is 1. The van der Waals surface area contributed by atoms with Crippen molar-refractivity contribution in [2.75, 3.05) is 6.61 Å². The van der Waals surface area contributed by atoms with Crippen LogP contribution in [0.1, 0.15) is 26.7 Å². The monoisotopic (exact) mass is 268 g/mol. The lowest BCUT2D eigenvalue weighted by atomic mass is 10.1. The van der Waals surface area contributed by atoms with Crippen LogP contribution in [0.25, 0.3) is 0 Å². The highest BCUT2D eigenvalue weighted by molar-refractivity contribution is 6.83. The minimum atomic E-state index is -1.40. The third kappa shape index (κ3) is 11.4. The zero-order valence-electron chi connectivity index (χ0n) is 12.0. The molecule has 0 radical (unpaired) electrons. The predicted octanol–water partition coefficient (Wildman–Crippen LogP) is 2.52. The van der Waals surface area contributed by atoms with Crippen LogP contribution < -0.4 is 0 Å². The topological polar surface area (TPSA) is 46.5 Å². The Labute approximate surface area is 111 Å². The molecule has 0 heterocycles. The third-order valence-electron chi connectivity index (χ3n) is 2.14. The Balaban J connectivity index is 4.00. The largest absolute Gasteiger partial charge is 0.462 e. The zero-order chi connectivity index (χ0) is 14.2. The number of carbonyl (C=O) groups is 1. The fourth-order valence-corrected chi connectivity index (χ4v) is 1.74. The van der Waals surface area contributed by atoms with Crippen molar-refractivity contribution in [2.24, 2.45) is 0 Å². The van der Waals surface area contributed by atoms with Crippen molar-refractivity contribution in [3.05, 3.63) is 11.6 Å². The van der Waals surface area contributed by atoms with Gasteiger partial charge in [-0.15, -0.1) is 5.54 Å². The summed E-state index contributed by atoms with van der Waals surface area (Å²) >= 11 is 0. The minimum Gasteiger partial charge on any atom is -0.462 e. The third-order valence-corrected chi connectivity index (χ3v) is 3.04. The van der Waals surface area contributed by atoms with Crippen LogP contribution in [0.15, 0.2) is 11.6 Å². The van der Waals surface area contributed by atoms with Crippen LogP contribution in [0, 0.1) is 11.5 Å². The number of carbonyl (C=O) groups excluding carboxylic acids is 1. The first-order chi connectivity index (χ1) is 8.20. The van der Waals surface area contributed by atoms with E-state index >= 15 is 0 Å². The minimum absolute atomic E-state index is 0.278. The standard InChI is InChI=1S/C14H24O3Si/c1-12(8-10-17-13(2)15)6-7-14(16)9-11-18(3,4)5/h8,14,16H,6-7,10H2,1-5H3/b12-8+/t14-/m1/s1. The first-order valence-corrected chi connectivity index (χ1v) is 9.70. The molecule has 0 aromatic heterocycles. The van der Waals surface area contributed by atoms with E-state index in [0.717, 1.165) is 12.0 Å². The van der Waals surface area contributed by atoms with Gasteiger partial charge in [-0.2, -0.15) is 0 Å². The Bertz CT molecular complexity index is 355. The molecule has 1 N–H and O–H groups in total. The molecule has 0 amide bonds. The molecular weight excluding hydrogens is 244 g/mol. The molecule has 0 rings (SSSR count). The van der Waals surface area contributed by atoms with Crippen molar-refractivity contribution in [1.82, 2.24) is 0 Å². The van der Waals surface area contributed by atoms with E-state index in [9.17, 15) is 9.90 Å². The number of hydrogen-bond donors (Lipinski definition) is 1. The highest BCUT2D eigenvalue weighted by Crippen LogP contribution is 2.07. The predicted molar refractivity (Wildman–Crippen MR) is 76.8 cm³/mol. The van der Waals surface area contributed by atoms with E-state index in [2.05, 4.69) is 31.1 Å². The summed E-state index contributed by atoms with van der Waals surface area (Å²) in [6.45, 7) is 10.1. The van der Waals surface area contributed by atoms with Crippen molar-refractivity contribution >= 4 is 14.0 Å². The Morgan fingerprint density at radius 2 is 2.00 bits per heavy atom. The summed E-state index contributed by atoms with van der Waals surface area (Å²) in [7, 11) is -1.40. The van der Waals surface area contributed by atoms with Crippen LogP contribution in [0.5, 0.6) is 0 Å². The smallest absolute Gasteiger partial charge is 0.302 e. The van der Waals surface area contributed by atoms with Gasteiger partial charge in [0.1, 0.15) is 20.8 Å². The van der Waals surface area contributed by atoms with E-state index in [1.807, 2.05) is 13.0 Å². The summed E-state index contributed by atoms with van der Waals surface area (Å²) in [5.74, 6) is 2.63. The van der Waals surface area contributed by atoms with Crippen molar-refractivity contribution in [2.45, 2.75) is 52.4 Å². The molecule has 18 heavy (non-hydrogen) atoms. The van der Waals surface area contributed by atoms with Gasteiger partial charge in [0, 0.05) is 6.92 Å². The van der Waals surface area contributed by atoms with Crippen molar-refractivity contribution < 1.29 is 14.6 Å². The number of rotatable bonds is 5. The lowest BCUT2D eigenvalue weighted by molar-refractivity contribution is -0.139. The molecule has 0 bridgehead atoms. The molecule has 0 spiro atoms. The molecule has 0 unspecified atom stereocenters. The molecule has 0 saturated carbocycles. The number of aliphatic hydroxyl groups is 1. The van der Waals surface area contributed by atoms with Gasteiger partial charge in [0.2, 0.25) is 0 Å². The molecule has 0 aliphatic heterocycles. The van der Waals surface area contributed by atoms with Gasteiger partial charge in [-0.25, -0.2) is 0 Å². The zero-order valence-corrected chi connectivity index (χ0v) is 13.0. The Hall–Kier alpha value is -1.05. The van der Waals surface area contributed by atoms with Crippen LogP contribution in [-0.4, -0.2) is 31.9 Å². The molecule has 0 aromatic carbocycles. The number of esters is 1.